The molecular weight excluding hydrogens is 383 g/mol. The predicted molar refractivity (Wildman–Crippen MR) is 109 cm³/mol. The lowest BCUT2D eigenvalue weighted by Crippen LogP contribution is -2.51. The fraction of sp³-hybridized carbons (Fsp3) is 0.417. The van der Waals surface area contributed by atoms with Gasteiger partial charge in [-0.15, -0.1) is 0 Å². The number of halogens is 1. The van der Waals surface area contributed by atoms with E-state index in [4.69, 9.17) is 4.74 Å². The van der Waals surface area contributed by atoms with Crippen LogP contribution in [0.4, 0.5) is 4.39 Å². The molecule has 0 aliphatic carbocycles. The SMILES string of the molecule is Cc1ccc([C@@H]2CC[C@H]3OC4(CCN(C(=O)c5ccccc5)CC4)C(=O)N32)cc1F. The van der Waals surface area contributed by atoms with Gasteiger partial charge in [-0.25, -0.2) is 4.39 Å². The third-order valence-corrected chi connectivity index (χ3v) is 6.78. The Bertz CT molecular complexity index is 985. The van der Waals surface area contributed by atoms with Crippen molar-refractivity contribution in [1.82, 2.24) is 9.80 Å². The Morgan fingerprint density at radius 1 is 1.10 bits per heavy atom. The molecule has 6 heteroatoms. The predicted octanol–water partition coefficient (Wildman–Crippen LogP) is 3.83. The van der Waals surface area contributed by atoms with Gasteiger partial charge in [-0.05, 0) is 49.1 Å². The minimum atomic E-state index is -0.861. The van der Waals surface area contributed by atoms with Crippen molar-refractivity contribution in [2.75, 3.05) is 13.1 Å². The number of piperidine rings is 1. The maximum atomic E-state index is 14.1. The number of benzene rings is 2. The fourth-order valence-electron chi connectivity index (χ4n) is 5.02. The molecule has 2 atom stereocenters. The monoisotopic (exact) mass is 408 g/mol. The lowest BCUT2D eigenvalue weighted by molar-refractivity contribution is -0.142. The van der Waals surface area contributed by atoms with E-state index in [0.717, 1.165) is 18.4 Å². The minimum absolute atomic E-state index is 0.00981. The van der Waals surface area contributed by atoms with Gasteiger partial charge in [0.25, 0.3) is 11.8 Å². The van der Waals surface area contributed by atoms with Gasteiger partial charge >= 0.3 is 0 Å². The van der Waals surface area contributed by atoms with Crippen molar-refractivity contribution in [1.29, 1.82) is 0 Å². The molecule has 0 N–H and O–H groups in total. The molecule has 30 heavy (non-hydrogen) atoms. The quantitative estimate of drug-likeness (QED) is 0.759. The van der Waals surface area contributed by atoms with E-state index < -0.39 is 5.60 Å². The first-order valence-electron chi connectivity index (χ1n) is 10.6. The molecule has 0 bridgehead atoms. The highest BCUT2D eigenvalue weighted by molar-refractivity contribution is 5.95. The molecular formula is C24H25FN2O3. The number of rotatable bonds is 2. The first-order valence-corrected chi connectivity index (χ1v) is 10.6. The lowest BCUT2D eigenvalue weighted by Gasteiger charge is -2.37. The van der Waals surface area contributed by atoms with Crippen LogP contribution in [0.2, 0.25) is 0 Å². The molecule has 0 aromatic heterocycles. The summed E-state index contributed by atoms with van der Waals surface area (Å²) in [5.41, 5.74) is 1.23. The van der Waals surface area contributed by atoms with E-state index in [2.05, 4.69) is 0 Å². The zero-order chi connectivity index (χ0) is 20.9. The summed E-state index contributed by atoms with van der Waals surface area (Å²) in [6.07, 6.45) is 2.25. The summed E-state index contributed by atoms with van der Waals surface area (Å²) in [5.74, 6) is -0.266. The molecule has 2 aromatic carbocycles. The number of aryl methyl sites for hydroxylation is 1. The number of nitrogens with zero attached hydrogens (tertiary/aromatic N) is 2. The lowest BCUT2D eigenvalue weighted by atomic mass is 9.89. The second-order valence-electron chi connectivity index (χ2n) is 8.54. The Morgan fingerprint density at radius 3 is 2.53 bits per heavy atom. The van der Waals surface area contributed by atoms with Crippen LogP contribution in [-0.2, 0) is 9.53 Å². The van der Waals surface area contributed by atoms with Gasteiger partial charge in [-0.3, -0.25) is 9.59 Å². The normalized spacial score (nSPS) is 25.1. The Balaban J connectivity index is 1.31. The Morgan fingerprint density at radius 2 is 1.83 bits per heavy atom. The Kier molecular flexibility index (Phi) is 4.62. The molecule has 0 saturated carbocycles. The zero-order valence-corrected chi connectivity index (χ0v) is 17.0. The Labute approximate surface area is 175 Å². The number of fused-ring (bicyclic) bond motifs is 1. The highest BCUT2D eigenvalue weighted by Crippen LogP contribution is 2.47. The van der Waals surface area contributed by atoms with Gasteiger partial charge in [0.1, 0.15) is 12.0 Å². The molecule has 1 spiro atoms. The smallest absolute Gasteiger partial charge is 0.257 e. The first kappa shape index (κ1) is 19.2. The number of carbonyl (C=O) groups excluding carboxylic acids is 2. The van der Waals surface area contributed by atoms with Gasteiger partial charge in [0, 0.05) is 31.5 Å². The summed E-state index contributed by atoms with van der Waals surface area (Å²) < 4.78 is 20.4. The molecule has 3 aliphatic rings. The number of carbonyl (C=O) groups is 2. The van der Waals surface area contributed by atoms with Gasteiger partial charge in [0.05, 0.1) is 6.04 Å². The third kappa shape index (κ3) is 3.01. The molecule has 5 nitrogen and oxygen atoms in total. The number of hydrogen-bond acceptors (Lipinski definition) is 3. The molecule has 0 radical (unpaired) electrons. The topological polar surface area (TPSA) is 49.9 Å². The minimum Gasteiger partial charge on any atom is -0.342 e. The summed E-state index contributed by atoms with van der Waals surface area (Å²) >= 11 is 0. The highest BCUT2D eigenvalue weighted by atomic mass is 19.1. The van der Waals surface area contributed by atoms with Crippen molar-refractivity contribution in [3.63, 3.8) is 0 Å². The highest BCUT2D eigenvalue weighted by Gasteiger charge is 2.58. The van der Waals surface area contributed by atoms with Crippen molar-refractivity contribution in [3.8, 4) is 0 Å². The van der Waals surface area contributed by atoms with Gasteiger partial charge in [-0.1, -0.05) is 30.3 Å². The van der Waals surface area contributed by atoms with Crippen LogP contribution in [0.15, 0.2) is 48.5 Å². The molecule has 2 amide bonds. The van der Waals surface area contributed by atoms with Gasteiger partial charge in [0.2, 0.25) is 0 Å². The van der Waals surface area contributed by atoms with Gasteiger partial charge in [0.15, 0.2) is 5.60 Å². The van der Waals surface area contributed by atoms with E-state index in [1.807, 2.05) is 41.3 Å². The second kappa shape index (κ2) is 7.20. The number of ether oxygens (including phenoxy) is 1. The van der Waals surface area contributed by atoms with E-state index in [-0.39, 0.29) is 29.9 Å². The summed E-state index contributed by atoms with van der Waals surface area (Å²) in [4.78, 5) is 29.8. The largest absolute Gasteiger partial charge is 0.342 e. The average molecular weight is 408 g/mol. The molecule has 3 saturated heterocycles. The molecule has 156 valence electrons. The molecule has 3 aliphatic heterocycles. The fourth-order valence-corrected chi connectivity index (χ4v) is 5.02. The average Bonchev–Trinajstić information content (AvgIpc) is 3.29. The van der Waals surface area contributed by atoms with Crippen LogP contribution >= 0.6 is 0 Å². The zero-order valence-electron chi connectivity index (χ0n) is 17.0. The van der Waals surface area contributed by atoms with E-state index >= 15 is 0 Å². The number of likely N-dealkylation sites (tertiary alicyclic amines) is 1. The van der Waals surface area contributed by atoms with E-state index in [1.165, 1.54) is 0 Å². The van der Waals surface area contributed by atoms with Crippen LogP contribution in [0.3, 0.4) is 0 Å². The van der Waals surface area contributed by atoms with Crippen LogP contribution in [0.1, 0.15) is 53.2 Å². The van der Waals surface area contributed by atoms with E-state index in [0.29, 0.717) is 37.1 Å². The van der Waals surface area contributed by atoms with Crippen molar-refractivity contribution >= 4 is 11.8 Å². The summed E-state index contributed by atoms with van der Waals surface area (Å²) in [5, 5.41) is 0. The molecule has 2 aromatic rings. The van der Waals surface area contributed by atoms with E-state index in [1.54, 1.807) is 24.0 Å². The van der Waals surface area contributed by atoms with Crippen molar-refractivity contribution in [2.24, 2.45) is 0 Å². The summed E-state index contributed by atoms with van der Waals surface area (Å²) in [6, 6.07) is 14.3. The van der Waals surface area contributed by atoms with Crippen molar-refractivity contribution in [3.05, 3.63) is 71.0 Å². The Hall–Kier alpha value is -2.73. The molecule has 3 heterocycles. The number of amides is 2. The van der Waals surface area contributed by atoms with Crippen LogP contribution in [0, 0.1) is 12.7 Å². The molecule has 5 rings (SSSR count). The summed E-state index contributed by atoms with van der Waals surface area (Å²) in [6.45, 7) is 2.72. The van der Waals surface area contributed by atoms with Gasteiger partial charge in [-0.2, -0.15) is 0 Å². The maximum absolute atomic E-state index is 14.1. The van der Waals surface area contributed by atoms with E-state index in [9.17, 15) is 14.0 Å². The van der Waals surface area contributed by atoms with Crippen LogP contribution in [0.25, 0.3) is 0 Å². The number of hydrogen-bond donors (Lipinski definition) is 0. The molecule has 0 unspecified atom stereocenters. The summed E-state index contributed by atoms with van der Waals surface area (Å²) in [7, 11) is 0. The first-order chi connectivity index (χ1) is 14.5. The second-order valence-corrected chi connectivity index (χ2v) is 8.54. The van der Waals surface area contributed by atoms with Crippen LogP contribution in [0.5, 0.6) is 0 Å². The van der Waals surface area contributed by atoms with Crippen molar-refractivity contribution in [2.45, 2.75) is 50.5 Å². The standard InChI is InChI=1S/C24H25FN2O3/c1-16-7-8-18(15-19(16)25)20-9-10-21-27(20)23(29)24(30-21)11-13-26(14-12-24)22(28)17-5-3-2-4-6-17/h2-8,15,20-21H,9-14H2,1H3/t20-,21+/m0/s1. The third-order valence-electron chi connectivity index (χ3n) is 6.78. The maximum Gasteiger partial charge on any atom is 0.257 e. The van der Waals surface area contributed by atoms with Crippen LogP contribution < -0.4 is 0 Å². The van der Waals surface area contributed by atoms with Crippen molar-refractivity contribution < 1.29 is 18.7 Å². The van der Waals surface area contributed by atoms with Crippen LogP contribution in [-0.4, -0.2) is 46.5 Å². The molecule has 3 fully saturated rings. The van der Waals surface area contributed by atoms with Gasteiger partial charge < -0.3 is 14.5 Å².